The first-order chi connectivity index (χ1) is 18.5. The summed E-state index contributed by atoms with van der Waals surface area (Å²) in [6, 6.07) is 9.02. The number of benzene rings is 1. The van der Waals surface area contributed by atoms with Crippen molar-refractivity contribution < 1.29 is 9.26 Å². The largest absolute Gasteiger partial charge is 0.373 e. The molecule has 196 valence electrons. The third-order valence-electron chi connectivity index (χ3n) is 6.93. The Morgan fingerprint density at radius 3 is 2.45 bits per heavy atom. The van der Waals surface area contributed by atoms with E-state index in [0.29, 0.717) is 39.4 Å². The smallest absolute Gasteiger partial charge is 0.342 e. The highest BCUT2D eigenvalue weighted by atomic mass is 35.5. The van der Waals surface area contributed by atoms with Gasteiger partial charge in [0.2, 0.25) is 0 Å². The maximum atomic E-state index is 12.0. The van der Waals surface area contributed by atoms with Gasteiger partial charge in [0, 0.05) is 41.9 Å². The van der Waals surface area contributed by atoms with Gasteiger partial charge in [0.25, 0.3) is 5.56 Å². The zero-order chi connectivity index (χ0) is 26.2. The number of hydrogen-bond donors (Lipinski definition) is 2. The van der Waals surface area contributed by atoms with Crippen LogP contribution < -0.4 is 16.1 Å². The number of anilines is 1. The fourth-order valence-electron chi connectivity index (χ4n) is 4.76. The van der Waals surface area contributed by atoms with E-state index in [0.717, 1.165) is 55.9 Å². The summed E-state index contributed by atoms with van der Waals surface area (Å²) in [6.07, 6.45) is 5.48. The molecule has 4 aromatic rings. The first-order valence-electron chi connectivity index (χ1n) is 12.4. The fraction of sp³-hybridized carbons (Fsp3) is 0.346. The number of rotatable bonds is 7. The van der Waals surface area contributed by atoms with Gasteiger partial charge >= 0.3 is 5.69 Å². The minimum Gasteiger partial charge on any atom is -0.373 e. The fourth-order valence-corrected chi connectivity index (χ4v) is 5.33. The van der Waals surface area contributed by atoms with E-state index in [2.05, 4.69) is 30.2 Å². The van der Waals surface area contributed by atoms with E-state index in [9.17, 15) is 9.59 Å². The molecule has 38 heavy (non-hydrogen) atoms. The summed E-state index contributed by atoms with van der Waals surface area (Å²) >= 11 is 12.9. The van der Waals surface area contributed by atoms with Gasteiger partial charge in [-0.15, -0.1) is 0 Å². The van der Waals surface area contributed by atoms with Crippen molar-refractivity contribution in [2.24, 2.45) is 0 Å². The monoisotopic (exact) mass is 554 g/mol. The van der Waals surface area contributed by atoms with Gasteiger partial charge in [0.15, 0.2) is 5.69 Å². The molecule has 0 unspecified atom stereocenters. The summed E-state index contributed by atoms with van der Waals surface area (Å²) in [5.41, 5.74) is 1.69. The molecule has 0 radical (unpaired) electrons. The number of pyridine rings is 1. The van der Waals surface area contributed by atoms with E-state index < -0.39 is 11.2 Å². The van der Waals surface area contributed by atoms with Crippen molar-refractivity contribution in [3.05, 3.63) is 78.7 Å². The highest BCUT2D eigenvalue weighted by Gasteiger charge is 2.34. The van der Waals surface area contributed by atoms with Gasteiger partial charge in [-0.1, -0.05) is 34.4 Å². The molecule has 2 fully saturated rings. The van der Waals surface area contributed by atoms with Gasteiger partial charge in [0.1, 0.15) is 17.3 Å². The molecular weight excluding hydrogens is 531 g/mol. The van der Waals surface area contributed by atoms with E-state index in [4.69, 9.17) is 32.5 Å². The first kappa shape index (κ1) is 24.8. The quantitative estimate of drug-likeness (QED) is 0.340. The van der Waals surface area contributed by atoms with Crippen molar-refractivity contribution >= 4 is 29.0 Å². The average Bonchev–Trinajstić information content (AvgIpc) is 3.68. The molecule has 10 nitrogen and oxygen atoms in total. The lowest BCUT2D eigenvalue weighted by Crippen LogP contribution is -2.37. The number of hydrogen-bond acceptors (Lipinski definition) is 8. The molecule has 2 N–H and O–H groups in total. The Labute approximate surface area is 226 Å². The van der Waals surface area contributed by atoms with Crippen LogP contribution in [0, 0.1) is 0 Å². The summed E-state index contributed by atoms with van der Waals surface area (Å²) in [5, 5.41) is 11.5. The Hall–Kier alpha value is -3.47. The van der Waals surface area contributed by atoms with Crippen molar-refractivity contribution in [1.29, 1.82) is 0 Å². The standard InChI is InChI=1S/C26H24Cl2N6O4/c27-18-2-1-3-19(28)21(18)23-17(24(38-33-23)14-4-5-14)13-37-16-8-10-34(11-9-16)20-7-6-15(12-29-20)22-25(35)30-26(36)32-31-22/h1-3,6-7,12,14,16H,4-5,8-11,13H2,(H2,30,32,35,36). The summed E-state index contributed by atoms with van der Waals surface area (Å²) in [5.74, 6) is 2.04. The molecule has 0 spiro atoms. The van der Waals surface area contributed by atoms with Gasteiger partial charge in [-0.25, -0.2) is 14.9 Å². The van der Waals surface area contributed by atoms with Crippen LogP contribution in [0.15, 0.2) is 50.6 Å². The molecule has 6 rings (SSSR count). The molecule has 0 atom stereocenters. The number of H-pyrrole nitrogens is 2. The minimum atomic E-state index is -0.648. The number of piperidine rings is 1. The molecule has 0 bridgehead atoms. The van der Waals surface area contributed by atoms with Gasteiger partial charge in [-0.3, -0.25) is 9.78 Å². The number of aromatic nitrogens is 5. The summed E-state index contributed by atoms with van der Waals surface area (Å²) in [6.45, 7) is 1.93. The lowest BCUT2D eigenvalue weighted by atomic mass is 10.0. The van der Waals surface area contributed by atoms with E-state index >= 15 is 0 Å². The zero-order valence-electron chi connectivity index (χ0n) is 20.2. The highest BCUT2D eigenvalue weighted by molar-refractivity contribution is 6.39. The molecule has 3 aromatic heterocycles. The predicted molar refractivity (Wildman–Crippen MR) is 143 cm³/mol. The van der Waals surface area contributed by atoms with E-state index in [1.807, 2.05) is 12.1 Å². The maximum absolute atomic E-state index is 12.0. The molecule has 1 aromatic carbocycles. The predicted octanol–water partition coefficient (Wildman–Crippen LogP) is 4.55. The second kappa shape index (κ2) is 10.4. The lowest BCUT2D eigenvalue weighted by Gasteiger charge is -2.32. The van der Waals surface area contributed by atoms with Crippen molar-refractivity contribution in [2.45, 2.75) is 44.3 Å². The van der Waals surface area contributed by atoms with Crippen LogP contribution in [0.1, 0.15) is 42.9 Å². The van der Waals surface area contributed by atoms with Gasteiger partial charge in [0.05, 0.1) is 22.8 Å². The van der Waals surface area contributed by atoms with E-state index in [-0.39, 0.29) is 11.8 Å². The van der Waals surface area contributed by atoms with Gasteiger partial charge in [-0.05, 0) is 49.9 Å². The van der Waals surface area contributed by atoms with Crippen LogP contribution >= 0.6 is 23.2 Å². The number of ether oxygens (including phenoxy) is 1. The van der Waals surface area contributed by atoms with E-state index in [1.54, 1.807) is 24.4 Å². The number of nitrogens with one attached hydrogen (secondary N) is 2. The van der Waals surface area contributed by atoms with Crippen LogP contribution in [-0.2, 0) is 11.3 Å². The second-order valence-electron chi connectivity index (χ2n) is 9.50. The molecule has 12 heteroatoms. The average molecular weight is 555 g/mol. The third-order valence-corrected chi connectivity index (χ3v) is 7.56. The SMILES string of the molecule is O=c1[nH]nc(-c2ccc(N3CCC(OCc4c(-c5c(Cl)cccc5Cl)noc4C4CC4)CC3)nc2)c(=O)[nH]1. The number of nitrogens with zero attached hydrogens (tertiary/aromatic N) is 4. The molecule has 1 aliphatic heterocycles. The second-order valence-corrected chi connectivity index (χ2v) is 10.3. The first-order valence-corrected chi connectivity index (χ1v) is 13.2. The molecule has 2 aliphatic rings. The van der Waals surface area contributed by atoms with Gasteiger partial charge in [-0.2, -0.15) is 5.10 Å². The van der Waals surface area contributed by atoms with Crippen molar-refractivity contribution in [2.75, 3.05) is 18.0 Å². The van der Waals surface area contributed by atoms with E-state index in [1.165, 1.54) is 0 Å². The number of aromatic amines is 2. The molecule has 4 heterocycles. The Morgan fingerprint density at radius 2 is 1.79 bits per heavy atom. The third kappa shape index (κ3) is 4.99. The van der Waals surface area contributed by atoms with Crippen LogP contribution in [0.2, 0.25) is 10.0 Å². The molecule has 0 amide bonds. The Morgan fingerprint density at radius 1 is 1.03 bits per heavy atom. The molecular formula is C26H24Cl2N6O4. The summed E-state index contributed by atoms with van der Waals surface area (Å²) in [7, 11) is 0. The maximum Gasteiger partial charge on any atom is 0.342 e. The zero-order valence-corrected chi connectivity index (χ0v) is 21.8. The Kier molecular flexibility index (Phi) is 6.77. The Bertz CT molecular complexity index is 1550. The van der Waals surface area contributed by atoms with Crippen LogP contribution in [-0.4, -0.2) is 44.5 Å². The van der Waals surface area contributed by atoms with Crippen LogP contribution in [0.5, 0.6) is 0 Å². The normalized spacial score (nSPS) is 16.2. The van der Waals surface area contributed by atoms with Crippen molar-refractivity contribution in [1.82, 2.24) is 25.3 Å². The van der Waals surface area contributed by atoms with Gasteiger partial charge < -0.3 is 14.2 Å². The number of halogens is 2. The molecule has 1 saturated heterocycles. The molecule has 1 aliphatic carbocycles. The lowest BCUT2D eigenvalue weighted by molar-refractivity contribution is 0.0245. The van der Waals surface area contributed by atoms with Crippen LogP contribution in [0.3, 0.4) is 0 Å². The van der Waals surface area contributed by atoms with Crippen LogP contribution in [0.4, 0.5) is 5.82 Å². The van der Waals surface area contributed by atoms with Crippen molar-refractivity contribution in [3.8, 4) is 22.5 Å². The topological polar surface area (TPSA) is 130 Å². The minimum absolute atomic E-state index is 0.0749. The molecule has 1 saturated carbocycles. The van der Waals surface area contributed by atoms with Crippen LogP contribution in [0.25, 0.3) is 22.5 Å². The van der Waals surface area contributed by atoms with Crippen molar-refractivity contribution in [3.63, 3.8) is 0 Å². The summed E-state index contributed by atoms with van der Waals surface area (Å²) in [4.78, 5) is 32.1. The highest BCUT2D eigenvalue weighted by Crippen LogP contribution is 2.46. The summed E-state index contributed by atoms with van der Waals surface area (Å²) < 4.78 is 12.1. The Balaban J connectivity index is 1.11.